The molecule has 41 heavy (non-hydrogen) atoms. The van der Waals surface area contributed by atoms with E-state index in [4.69, 9.17) is 19.0 Å². The van der Waals surface area contributed by atoms with Crippen LogP contribution < -0.4 is 16.1 Å². The molecule has 0 spiro atoms. The normalized spacial score (nSPS) is 14.9. The fourth-order valence-electron chi connectivity index (χ4n) is 4.89. The van der Waals surface area contributed by atoms with Crippen molar-refractivity contribution >= 4 is 0 Å². The van der Waals surface area contributed by atoms with E-state index in [0.717, 1.165) is 28.7 Å². The lowest BCUT2D eigenvalue weighted by Crippen LogP contribution is -2.31. The van der Waals surface area contributed by atoms with Gasteiger partial charge in [0.15, 0.2) is 11.6 Å². The Morgan fingerprint density at radius 3 is 2.51 bits per heavy atom. The second-order valence-corrected chi connectivity index (χ2v) is 9.72. The van der Waals surface area contributed by atoms with E-state index >= 15 is 0 Å². The maximum Gasteiger partial charge on any atom is 0.439 e. The third kappa shape index (κ3) is 5.86. The van der Waals surface area contributed by atoms with E-state index < -0.39 is 11.9 Å². The molecular weight excluding hydrogens is 524 g/mol. The first-order chi connectivity index (χ1) is 19.9. The Morgan fingerprint density at radius 1 is 1.10 bits per heavy atom. The monoisotopic (exact) mass is 556 g/mol. The smallest absolute Gasteiger partial charge is 0.439 e. The summed E-state index contributed by atoms with van der Waals surface area (Å²) < 4.78 is 17.8. The number of methoxy groups -OCH3 is 1. The number of aromatic nitrogens is 4. The molecule has 0 amide bonds. The van der Waals surface area contributed by atoms with Gasteiger partial charge in [-0.15, -0.1) is 0 Å². The highest BCUT2D eigenvalue weighted by atomic mass is 16.5. The molecule has 0 fully saturated rings. The highest BCUT2D eigenvalue weighted by Gasteiger charge is 2.23. The van der Waals surface area contributed by atoms with Crippen molar-refractivity contribution in [1.29, 1.82) is 0 Å². The van der Waals surface area contributed by atoms with Crippen molar-refractivity contribution in [3.8, 4) is 28.3 Å². The van der Waals surface area contributed by atoms with Crippen LogP contribution in [0.5, 0.6) is 5.75 Å². The van der Waals surface area contributed by atoms with Crippen LogP contribution in [-0.2, 0) is 24.1 Å². The van der Waals surface area contributed by atoms with Crippen molar-refractivity contribution in [2.75, 3.05) is 7.11 Å². The zero-order valence-corrected chi connectivity index (χ0v) is 23.2. The van der Waals surface area contributed by atoms with Crippen LogP contribution in [0, 0.1) is 0 Å². The Hall–Kier alpha value is -4.86. The van der Waals surface area contributed by atoms with Crippen LogP contribution in [0.2, 0.25) is 0 Å². The van der Waals surface area contributed by atoms with Crippen molar-refractivity contribution in [2.24, 2.45) is 0 Å². The first kappa shape index (κ1) is 27.7. The molecule has 2 heterocycles. The number of hydrogen-bond donors (Lipinski definition) is 2. The third-order valence-corrected chi connectivity index (χ3v) is 6.97. The van der Waals surface area contributed by atoms with Crippen LogP contribution in [0.25, 0.3) is 22.5 Å². The fraction of sp³-hybridized carbons (Fsp3) is 0.290. The maximum atomic E-state index is 13.9. The van der Waals surface area contributed by atoms with Crippen LogP contribution in [0.3, 0.4) is 0 Å². The SMILES string of the molecule is CCCc1nc(CC)c(OC2C=CC(O)=C(OC)C2)c(=O)n1Cc1ccc(-c2ccccc2-c2noc(=O)[nH]2)cc1. The summed E-state index contributed by atoms with van der Waals surface area (Å²) in [6.07, 6.45) is 5.11. The van der Waals surface area contributed by atoms with Crippen molar-refractivity contribution in [1.82, 2.24) is 19.7 Å². The molecule has 0 radical (unpaired) electrons. The quantitative estimate of drug-likeness (QED) is 0.281. The van der Waals surface area contributed by atoms with Gasteiger partial charge in [-0.2, -0.15) is 0 Å². The fourth-order valence-corrected chi connectivity index (χ4v) is 4.89. The number of H-pyrrole nitrogens is 1. The highest BCUT2D eigenvalue weighted by molar-refractivity contribution is 5.80. The molecule has 1 aliphatic carbocycles. The first-order valence-electron chi connectivity index (χ1n) is 13.6. The number of benzene rings is 2. The van der Waals surface area contributed by atoms with Crippen LogP contribution >= 0.6 is 0 Å². The van der Waals surface area contributed by atoms with Crippen molar-refractivity contribution in [3.05, 3.63) is 110 Å². The molecule has 212 valence electrons. The summed E-state index contributed by atoms with van der Waals surface area (Å²) in [5.41, 5.74) is 3.84. The van der Waals surface area contributed by atoms with E-state index in [0.29, 0.717) is 48.9 Å². The van der Waals surface area contributed by atoms with Crippen LogP contribution in [0.4, 0.5) is 0 Å². The molecular formula is C31H32N4O6. The van der Waals surface area contributed by atoms with Gasteiger partial charge in [-0.3, -0.25) is 18.9 Å². The van der Waals surface area contributed by atoms with Crippen molar-refractivity contribution in [2.45, 2.75) is 52.2 Å². The van der Waals surface area contributed by atoms with Crippen molar-refractivity contribution < 1.29 is 19.1 Å². The molecule has 10 heteroatoms. The molecule has 0 bridgehead atoms. The minimum atomic E-state index is -0.613. The Balaban J connectivity index is 1.46. The minimum Gasteiger partial charge on any atom is -0.504 e. The minimum absolute atomic E-state index is 0.0530. The Morgan fingerprint density at radius 2 is 1.85 bits per heavy atom. The lowest BCUT2D eigenvalue weighted by Gasteiger charge is -2.23. The molecule has 10 nitrogen and oxygen atoms in total. The zero-order valence-electron chi connectivity index (χ0n) is 23.2. The number of aryl methyl sites for hydroxylation is 2. The number of allylic oxidation sites excluding steroid dienone is 1. The highest BCUT2D eigenvalue weighted by Crippen LogP contribution is 2.30. The molecule has 5 rings (SSSR count). The Bertz CT molecular complexity index is 1710. The molecule has 2 N–H and O–H groups in total. The Kier molecular flexibility index (Phi) is 8.19. The number of nitrogens with one attached hydrogen (secondary N) is 1. The van der Waals surface area contributed by atoms with E-state index in [2.05, 4.69) is 17.1 Å². The van der Waals surface area contributed by atoms with Gasteiger partial charge in [0, 0.05) is 18.4 Å². The Labute approximate surface area is 236 Å². The molecule has 0 aliphatic heterocycles. The lowest BCUT2D eigenvalue weighted by atomic mass is 9.98. The molecule has 1 unspecified atom stereocenters. The second-order valence-electron chi connectivity index (χ2n) is 9.72. The van der Waals surface area contributed by atoms with E-state index in [9.17, 15) is 14.7 Å². The maximum absolute atomic E-state index is 13.9. The number of hydrogen-bond acceptors (Lipinski definition) is 8. The third-order valence-electron chi connectivity index (χ3n) is 6.97. The predicted octanol–water partition coefficient (Wildman–Crippen LogP) is 4.94. The summed E-state index contributed by atoms with van der Waals surface area (Å²) in [5, 5.41) is 13.8. The first-order valence-corrected chi connectivity index (χ1v) is 13.6. The second kappa shape index (κ2) is 12.1. The topological polar surface area (TPSA) is 132 Å². The molecule has 1 atom stereocenters. The number of aliphatic hydroxyl groups excluding tert-OH is 1. The van der Waals surface area contributed by atoms with E-state index in [-0.39, 0.29) is 17.1 Å². The standard InChI is InChI=1S/C31H32N4O6/c1-4-8-27-32-24(5-2)28(40-21-15-16-25(36)26(17-21)39-3)30(37)35(27)18-19-11-13-20(14-12-19)22-9-6-7-10-23(22)29-33-31(38)41-34-29/h6-7,9-16,21,36H,4-5,8,17-18H2,1-3H3,(H,33,34,38). The summed E-state index contributed by atoms with van der Waals surface area (Å²) in [4.78, 5) is 32.8. The summed E-state index contributed by atoms with van der Waals surface area (Å²) in [6, 6.07) is 15.5. The number of ether oxygens (including phenoxy) is 2. The number of nitrogens with zero attached hydrogens (tertiary/aromatic N) is 3. The van der Waals surface area contributed by atoms with Crippen LogP contribution in [0.15, 0.2) is 86.3 Å². The number of aliphatic hydroxyl groups is 1. The summed E-state index contributed by atoms with van der Waals surface area (Å²) >= 11 is 0. The predicted molar refractivity (Wildman–Crippen MR) is 154 cm³/mol. The zero-order chi connectivity index (χ0) is 28.9. The summed E-state index contributed by atoms with van der Waals surface area (Å²) in [5.74, 6) is 1.13. The van der Waals surface area contributed by atoms with E-state index in [1.807, 2.05) is 55.5 Å². The van der Waals surface area contributed by atoms with Gasteiger partial charge < -0.3 is 14.6 Å². The van der Waals surface area contributed by atoms with Gasteiger partial charge in [0.25, 0.3) is 5.56 Å². The molecule has 2 aromatic heterocycles. The average Bonchev–Trinajstić information content (AvgIpc) is 3.43. The van der Waals surface area contributed by atoms with E-state index in [1.165, 1.54) is 13.2 Å². The number of aromatic amines is 1. The van der Waals surface area contributed by atoms with Crippen LogP contribution in [0.1, 0.15) is 43.8 Å². The molecule has 1 aliphatic rings. The van der Waals surface area contributed by atoms with Gasteiger partial charge >= 0.3 is 5.76 Å². The number of rotatable bonds is 10. The molecule has 2 aromatic carbocycles. The van der Waals surface area contributed by atoms with Gasteiger partial charge in [-0.25, -0.2) is 9.78 Å². The largest absolute Gasteiger partial charge is 0.504 e. The van der Waals surface area contributed by atoms with Crippen LogP contribution in [-0.4, -0.2) is 38.0 Å². The average molecular weight is 557 g/mol. The van der Waals surface area contributed by atoms with Gasteiger partial charge in [-0.1, -0.05) is 67.5 Å². The van der Waals surface area contributed by atoms with Crippen molar-refractivity contribution in [3.63, 3.8) is 0 Å². The van der Waals surface area contributed by atoms with E-state index in [1.54, 1.807) is 10.6 Å². The van der Waals surface area contributed by atoms with Gasteiger partial charge in [-0.05, 0) is 41.7 Å². The molecule has 4 aromatic rings. The van der Waals surface area contributed by atoms with Gasteiger partial charge in [0.05, 0.1) is 19.3 Å². The molecule has 0 saturated heterocycles. The summed E-state index contributed by atoms with van der Waals surface area (Å²) in [7, 11) is 1.49. The van der Waals surface area contributed by atoms with Gasteiger partial charge in [0.1, 0.15) is 17.7 Å². The summed E-state index contributed by atoms with van der Waals surface area (Å²) in [6.45, 7) is 4.33. The molecule has 0 saturated carbocycles. The lowest BCUT2D eigenvalue weighted by molar-refractivity contribution is 0.179. The van der Waals surface area contributed by atoms with Gasteiger partial charge in [0.2, 0.25) is 5.75 Å².